The van der Waals surface area contributed by atoms with Crippen molar-refractivity contribution in [2.24, 2.45) is 0 Å². The number of aliphatic hydroxyl groups excluding tert-OH is 1. The number of halogens is 1. The number of sulfonamides is 1. The van der Waals surface area contributed by atoms with E-state index in [1.165, 1.54) is 16.4 Å². The molecule has 1 aromatic carbocycles. The smallest absolute Gasteiger partial charge is 0.244 e. The minimum absolute atomic E-state index is 0.0174. The first-order chi connectivity index (χ1) is 8.82. The Labute approximate surface area is 119 Å². The number of nitrogens with zero attached hydrogens (tertiary/aromatic N) is 1. The third kappa shape index (κ3) is 3.79. The Balaban J connectivity index is 3.28. The molecule has 0 aliphatic carbocycles. The van der Waals surface area contributed by atoms with Crippen molar-refractivity contribution in [2.45, 2.75) is 25.3 Å². The molecule has 0 unspecified atom stereocenters. The summed E-state index contributed by atoms with van der Waals surface area (Å²) in [5.74, 6) is 0. The number of hydrogen-bond acceptors (Lipinski definition) is 3. The predicted molar refractivity (Wildman–Crippen MR) is 76.6 cm³/mol. The van der Waals surface area contributed by atoms with Gasteiger partial charge in [0.05, 0.1) is 11.6 Å². The first-order valence-corrected chi connectivity index (χ1v) is 7.68. The first-order valence-electron chi connectivity index (χ1n) is 5.86. The van der Waals surface area contributed by atoms with E-state index >= 15 is 0 Å². The Morgan fingerprint density at radius 1 is 1.47 bits per heavy atom. The van der Waals surface area contributed by atoms with E-state index in [-0.39, 0.29) is 23.1 Å². The molecule has 0 saturated carbocycles. The lowest BCUT2D eigenvalue weighted by atomic mass is 10.2. The zero-order valence-electron chi connectivity index (χ0n) is 11.1. The van der Waals surface area contributed by atoms with Gasteiger partial charge in [-0.3, -0.25) is 0 Å². The minimum Gasteiger partial charge on any atom is -0.392 e. The maximum atomic E-state index is 12.5. The summed E-state index contributed by atoms with van der Waals surface area (Å²) in [6.07, 6.45) is 0. The number of benzene rings is 1. The molecule has 0 radical (unpaired) electrons. The zero-order chi connectivity index (χ0) is 14.6. The van der Waals surface area contributed by atoms with Gasteiger partial charge in [-0.1, -0.05) is 36.7 Å². The van der Waals surface area contributed by atoms with Gasteiger partial charge >= 0.3 is 0 Å². The van der Waals surface area contributed by atoms with Crippen LogP contribution >= 0.6 is 11.6 Å². The van der Waals surface area contributed by atoms with Crippen LogP contribution in [0.2, 0.25) is 5.02 Å². The highest BCUT2D eigenvalue weighted by Gasteiger charge is 2.25. The summed E-state index contributed by atoms with van der Waals surface area (Å²) in [6.45, 7) is 7.60. The summed E-state index contributed by atoms with van der Waals surface area (Å²) in [7, 11) is -3.68. The third-order valence-electron chi connectivity index (χ3n) is 2.59. The molecule has 0 atom stereocenters. The molecule has 0 fully saturated rings. The van der Waals surface area contributed by atoms with E-state index in [0.29, 0.717) is 12.1 Å². The highest BCUT2D eigenvalue weighted by Crippen LogP contribution is 2.26. The number of aliphatic hydroxyl groups is 1. The van der Waals surface area contributed by atoms with Crippen LogP contribution < -0.4 is 0 Å². The lowest BCUT2D eigenvalue weighted by Gasteiger charge is -2.21. The Hall–Kier alpha value is -0.880. The Morgan fingerprint density at radius 3 is 2.58 bits per heavy atom. The van der Waals surface area contributed by atoms with Crippen molar-refractivity contribution in [1.29, 1.82) is 0 Å². The number of rotatable bonds is 6. The van der Waals surface area contributed by atoms with Crippen molar-refractivity contribution >= 4 is 21.6 Å². The average Bonchev–Trinajstić information content (AvgIpc) is 2.35. The van der Waals surface area contributed by atoms with Crippen molar-refractivity contribution in [3.05, 3.63) is 40.9 Å². The van der Waals surface area contributed by atoms with Gasteiger partial charge in [-0.05, 0) is 24.6 Å². The SMILES string of the molecule is C=C(C)CN(CC)S(=O)(=O)c1cc(CO)ccc1Cl. The van der Waals surface area contributed by atoms with E-state index in [2.05, 4.69) is 6.58 Å². The second kappa shape index (κ2) is 6.52. The molecule has 0 saturated heterocycles. The molecule has 0 spiro atoms. The first kappa shape index (κ1) is 16.2. The molecule has 1 rings (SSSR count). The van der Waals surface area contributed by atoms with E-state index in [0.717, 1.165) is 5.57 Å². The fourth-order valence-electron chi connectivity index (χ4n) is 1.65. The second-order valence-corrected chi connectivity index (χ2v) is 6.62. The van der Waals surface area contributed by atoms with E-state index in [9.17, 15) is 8.42 Å². The van der Waals surface area contributed by atoms with Gasteiger partial charge in [0.2, 0.25) is 10.0 Å². The van der Waals surface area contributed by atoms with Crippen LogP contribution in [0.5, 0.6) is 0 Å². The lowest BCUT2D eigenvalue weighted by Crippen LogP contribution is -2.32. The molecule has 1 N–H and O–H groups in total. The molecule has 4 nitrogen and oxygen atoms in total. The van der Waals surface area contributed by atoms with Gasteiger partial charge in [0.25, 0.3) is 0 Å². The monoisotopic (exact) mass is 303 g/mol. The molecular weight excluding hydrogens is 286 g/mol. The van der Waals surface area contributed by atoms with Crippen molar-refractivity contribution < 1.29 is 13.5 Å². The van der Waals surface area contributed by atoms with Crippen LogP contribution in [0, 0.1) is 0 Å². The van der Waals surface area contributed by atoms with Crippen LogP contribution in [0.15, 0.2) is 35.2 Å². The maximum Gasteiger partial charge on any atom is 0.244 e. The number of likely N-dealkylation sites (N-methyl/N-ethyl adjacent to an activating group) is 1. The van der Waals surface area contributed by atoms with Crippen LogP contribution in [0.25, 0.3) is 0 Å². The van der Waals surface area contributed by atoms with E-state index in [4.69, 9.17) is 16.7 Å². The van der Waals surface area contributed by atoms with E-state index in [1.807, 2.05) is 0 Å². The molecule has 6 heteroatoms. The van der Waals surface area contributed by atoms with E-state index < -0.39 is 10.0 Å². The fourth-order valence-corrected chi connectivity index (χ4v) is 3.68. The molecule has 0 heterocycles. The maximum absolute atomic E-state index is 12.5. The largest absolute Gasteiger partial charge is 0.392 e. The zero-order valence-corrected chi connectivity index (χ0v) is 12.6. The Morgan fingerprint density at radius 2 is 2.11 bits per heavy atom. The van der Waals surface area contributed by atoms with Crippen LogP contribution in [-0.2, 0) is 16.6 Å². The Bertz CT molecular complexity index is 569. The fraction of sp³-hybridized carbons (Fsp3) is 0.385. The summed E-state index contributed by atoms with van der Waals surface area (Å²) in [5, 5.41) is 9.24. The minimum atomic E-state index is -3.68. The van der Waals surface area contributed by atoms with Crippen LogP contribution in [0.1, 0.15) is 19.4 Å². The van der Waals surface area contributed by atoms with Crippen molar-refractivity contribution in [3.63, 3.8) is 0 Å². The van der Waals surface area contributed by atoms with Gasteiger partial charge in [0, 0.05) is 13.1 Å². The standard InChI is InChI=1S/C13H18ClNO3S/c1-4-15(8-10(2)3)19(17,18)13-7-11(9-16)5-6-12(13)14/h5-7,16H,2,4,8-9H2,1,3H3. The second-order valence-electron chi connectivity index (χ2n) is 4.31. The average molecular weight is 304 g/mol. The molecule has 0 bridgehead atoms. The summed E-state index contributed by atoms with van der Waals surface area (Å²) >= 11 is 5.97. The third-order valence-corrected chi connectivity index (χ3v) is 5.00. The molecule has 0 aromatic heterocycles. The molecular formula is C13H18ClNO3S. The van der Waals surface area contributed by atoms with Gasteiger partial charge in [0.1, 0.15) is 4.90 Å². The molecule has 0 aliphatic heterocycles. The predicted octanol–water partition coefficient (Wildman–Crippen LogP) is 2.42. The highest BCUT2D eigenvalue weighted by atomic mass is 35.5. The van der Waals surface area contributed by atoms with Crippen molar-refractivity contribution in [1.82, 2.24) is 4.31 Å². The molecule has 0 aliphatic rings. The lowest BCUT2D eigenvalue weighted by molar-refractivity contribution is 0.281. The van der Waals surface area contributed by atoms with Gasteiger partial charge in [0.15, 0.2) is 0 Å². The van der Waals surface area contributed by atoms with Crippen LogP contribution in [0.4, 0.5) is 0 Å². The summed E-state index contributed by atoms with van der Waals surface area (Å²) in [4.78, 5) is 0.0174. The summed E-state index contributed by atoms with van der Waals surface area (Å²) in [6, 6.07) is 4.48. The van der Waals surface area contributed by atoms with Crippen LogP contribution in [-0.4, -0.2) is 30.9 Å². The Kier molecular flexibility index (Phi) is 5.55. The van der Waals surface area contributed by atoms with Gasteiger partial charge in [-0.25, -0.2) is 8.42 Å². The summed E-state index contributed by atoms with van der Waals surface area (Å²) < 4.78 is 26.3. The summed E-state index contributed by atoms with van der Waals surface area (Å²) in [5.41, 5.74) is 1.26. The normalized spacial score (nSPS) is 11.8. The number of hydrogen-bond donors (Lipinski definition) is 1. The highest BCUT2D eigenvalue weighted by molar-refractivity contribution is 7.89. The molecule has 106 valence electrons. The van der Waals surface area contributed by atoms with Gasteiger partial charge < -0.3 is 5.11 Å². The van der Waals surface area contributed by atoms with Gasteiger partial charge in [-0.2, -0.15) is 4.31 Å². The topological polar surface area (TPSA) is 57.6 Å². The molecule has 0 amide bonds. The molecule has 19 heavy (non-hydrogen) atoms. The quantitative estimate of drug-likeness (QED) is 0.821. The molecule has 1 aromatic rings. The van der Waals surface area contributed by atoms with Crippen molar-refractivity contribution in [3.8, 4) is 0 Å². The van der Waals surface area contributed by atoms with Crippen molar-refractivity contribution in [2.75, 3.05) is 13.1 Å². The van der Waals surface area contributed by atoms with Crippen LogP contribution in [0.3, 0.4) is 0 Å². The van der Waals surface area contributed by atoms with E-state index in [1.54, 1.807) is 19.9 Å². The van der Waals surface area contributed by atoms with Gasteiger partial charge in [-0.15, -0.1) is 0 Å².